The molecule has 5 nitrogen and oxygen atoms in total. The van der Waals surface area contributed by atoms with E-state index in [0.717, 1.165) is 5.82 Å². The topological polar surface area (TPSA) is 66.9 Å². The molecule has 2 rings (SSSR count). The molecule has 122 valence electrons. The lowest BCUT2D eigenvalue weighted by molar-refractivity contribution is 0.0943. The van der Waals surface area contributed by atoms with Gasteiger partial charge in [0.25, 0.3) is 5.91 Å². The summed E-state index contributed by atoms with van der Waals surface area (Å²) in [7, 11) is 0. The molecular formula is C17H28N4O. The second kappa shape index (κ2) is 8.11. The molecule has 0 radical (unpaired) electrons. The number of rotatable bonds is 5. The third kappa shape index (κ3) is 5.28. The van der Waals surface area contributed by atoms with E-state index >= 15 is 0 Å². The lowest BCUT2D eigenvalue weighted by atomic mass is 10.1. The Morgan fingerprint density at radius 1 is 1.23 bits per heavy atom. The minimum Gasteiger partial charge on any atom is -0.367 e. The molecule has 0 saturated heterocycles. The molecule has 0 unspecified atom stereocenters. The Bertz CT molecular complexity index is 493. The van der Waals surface area contributed by atoms with Crippen LogP contribution in [0.2, 0.25) is 0 Å². The third-order valence-electron chi connectivity index (χ3n) is 3.95. The van der Waals surface area contributed by atoms with Crippen LogP contribution in [0.4, 0.5) is 5.82 Å². The van der Waals surface area contributed by atoms with Crippen molar-refractivity contribution in [3.05, 3.63) is 17.6 Å². The fraction of sp³-hybridized carbons (Fsp3) is 0.706. The van der Waals surface area contributed by atoms with Gasteiger partial charge in [-0.2, -0.15) is 0 Å². The first-order valence-electron chi connectivity index (χ1n) is 8.45. The normalized spacial score (nSPS) is 16.4. The predicted molar refractivity (Wildman–Crippen MR) is 89.1 cm³/mol. The maximum atomic E-state index is 12.2. The third-order valence-corrected chi connectivity index (χ3v) is 3.95. The number of aryl methyl sites for hydroxylation is 1. The first-order chi connectivity index (χ1) is 10.5. The van der Waals surface area contributed by atoms with Crippen molar-refractivity contribution in [2.24, 2.45) is 5.92 Å². The number of anilines is 1. The summed E-state index contributed by atoms with van der Waals surface area (Å²) in [6.45, 7) is 6.64. The average molecular weight is 304 g/mol. The van der Waals surface area contributed by atoms with Crippen LogP contribution >= 0.6 is 0 Å². The molecule has 1 aliphatic rings. The second-order valence-electron chi connectivity index (χ2n) is 6.62. The smallest absolute Gasteiger partial charge is 0.270 e. The van der Waals surface area contributed by atoms with Gasteiger partial charge in [0, 0.05) is 18.7 Å². The Morgan fingerprint density at radius 3 is 2.55 bits per heavy atom. The first kappa shape index (κ1) is 16.7. The Morgan fingerprint density at radius 2 is 1.91 bits per heavy atom. The monoisotopic (exact) mass is 304 g/mol. The highest BCUT2D eigenvalue weighted by molar-refractivity contribution is 5.92. The summed E-state index contributed by atoms with van der Waals surface area (Å²) in [6.07, 6.45) is 7.54. The van der Waals surface area contributed by atoms with Crippen molar-refractivity contribution in [1.29, 1.82) is 0 Å². The molecule has 1 amide bonds. The number of carbonyl (C=O) groups excluding carboxylic acids is 1. The van der Waals surface area contributed by atoms with E-state index in [9.17, 15) is 4.79 Å². The molecule has 0 atom stereocenters. The second-order valence-corrected chi connectivity index (χ2v) is 6.62. The van der Waals surface area contributed by atoms with E-state index in [2.05, 4.69) is 34.4 Å². The molecule has 0 aliphatic heterocycles. The van der Waals surface area contributed by atoms with E-state index < -0.39 is 0 Å². The molecule has 0 bridgehead atoms. The van der Waals surface area contributed by atoms with Gasteiger partial charge in [-0.3, -0.25) is 4.79 Å². The van der Waals surface area contributed by atoms with E-state index in [4.69, 9.17) is 0 Å². The van der Waals surface area contributed by atoms with Crippen LogP contribution in [0.25, 0.3) is 0 Å². The summed E-state index contributed by atoms with van der Waals surface area (Å²) in [5.74, 6) is 1.71. The van der Waals surface area contributed by atoms with Crippen LogP contribution < -0.4 is 10.6 Å². The van der Waals surface area contributed by atoms with Gasteiger partial charge in [0.2, 0.25) is 0 Å². The molecular weight excluding hydrogens is 276 g/mol. The average Bonchev–Trinajstić information content (AvgIpc) is 2.72. The SMILES string of the molecule is Cc1nc(NC2CCCCCC2)cc(C(=O)NCC(C)C)n1. The van der Waals surface area contributed by atoms with Crippen LogP contribution in [0, 0.1) is 12.8 Å². The molecule has 0 spiro atoms. The lowest BCUT2D eigenvalue weighted by Gasteiger charge is -2.17. The van der Waals surface area contributed by atoms with E-state index in [0.29, 0.717) is 30.0 Å². The van der Waals surface area contributed by atoms with E-state index in [1.54, 1.807) is 6.07 Å². The fourth-order valence-corrected chi connectivity index (χ4v) is 2.78. The molecule has 22 heavy (non-hydrogen) atoms. The Labute approximate surface area is 133 Å². The number of nitrogens with one attached hydrogen (secondary N) is 2. The van der Waals surface area contributed by atoms with Crippen LogP contribution in [0.3, 0.4) is 0 Å². The Hall–Kier alpha value is -1.65. The van der Waals surface area contributed by atoms with E-state index in [1.807, 2.05) is 6.92 Å². The molecule has 1 aromatic heterocycles. The van der Waals surface area contributed by atoms with Gasteiger partial charge in [-0.15, -0.1) is 0 Å². The zero-order chi connectivity index (χ0) is 15.9. The highest BCUT2D eigenvalue weighted by atomic mass is 16.1. The summed E-state index contributed by atoms with van der Waals surface area (Å²) < 4.78 is 0. The van der Waals surface area contributed by atoms with Gasteiger partial charge in [-0.25, -0.2) is 9.97 Å². The van der Waals surface area contributed by atoms with Gasteiger partial charge in [-0.05, 0) is 25.7 Å². The molecule has 1 aromatic rings. The van der Waals surface area contributed by atoms with Gasteiger partial charge in [0.1, 0.15) is 17.3 Å². The molecule has 2 N–H and O–H groups in total. The van der Waals surface area contributed by atoms with Crippen LogP contribution in [0.5, 0.6) is 0 Å². The van der Waals surface area contributed by atoms with Gasteiger partial charge in [0.05, 0.1) is 0 Å². The number of carbonyl (C=O) groups is 1. The van der Waals surface area contributed by atoms with E-state index in [1.165, 1.54) is 38.5 Å². The minimum atomic E-state index is -0.122. The zero-order valence-electron chi connectivity index (χ0n) is 14.0. The number of amides is 1. The minimum absolute atomic E-state index is 0.122. The van der Waals surface area contributed by atoms with E-state index in [-0.39, 0.29) is 5.91 Å². The molecule has 1 fully saturated rings. The number of nitrogens with zero attached hydrogens (tertiary/aromatic N) is 2. The van der Waals surface area contributed by atoms with Gasteiger partial charge >= 0.3 is 0 Å². The van der Waals surface area contributed by atoms with Crippen molar-refractivity contribution in [3.63, 3.8) is 0 Å². The summed E-state index contributed by atoms with van der Waals surface area (Å²) in [5, 5.41) is 6.40. The number of aromatic nitrogens is 2. The standard InChI is InChI=1S/C17H28N4O/c1-12(2)11-18-17(22)15-10-16(20-13(3)19-15)21-14-8-6-4-5-7-9-14/h10,12,14H,4-9,11H2,1-3H3,(H,18,22)(H,19,20,21). The molecule has 1 heterocycles. The molecule has 5 heteroatoms. The van der Waals surface area contributed by atoms with Crippen LogP contribution in [0.1, 0.15) is 68.7 Å². The van der Waals surface area contributed by atoms with Gasteiger partial charge in [0.15, 0.2) is 0 Å². The quantitative estimate of drug-likeness (QED) is 0.819. The van der Waals surface area contributed by atoms with Crippen LogP contribution in [-0.4, -0.2) is 28.5 Å². The highest BCUT2D eigenvalue weighted by Gasteiger charge is 2.15. The number of hydrogen-bond acceptors (Lipinski definition) is 4. The predicted octanol–water partition coefficient (Wildman–Crippen LogP) is 3.31. The lowest BCUT2D eigenvalue weighted by Crippen LogP contribution is -2.28. The van der Waals surface area contributed by atoms with Gasteiger partial charge < -0.3 is 10.6 Å². The maximum Gasteiger partial charge on any atom is 0.270 e. The first-order valence-corrected chi connectivity index (χ1v) is 8.45. The maximum absolute atomic E-state index is 12.2. The highest BCUT2D eigenvalue weighted by Crippen LogP contribution is 2.20. The molecule has 0 aromatic carbocycles. The van der Waals surface area contributed by atoms with Crippen molar-refractivity contribution >= 4 is 11.7 Å². The largest absolute Gasteiger partial charge is 0.367 e. The van der Waals surface area contributed by atoms with Crippen molar-refractivity contribution in [3.8, 4) is 0 Å². The molecule has 1 aliphatic carbocycles. The summed E-state index contributed by atoms with van der Waals surface area (Å²) in [5.41, 5.74) is 0.448. The summed E-state index contributed by atoms with van der Waals surface area (Å²) in [6, 6.07) is 2.23. The zero-order valence-corrected chi connectivity index (χ0v) is 14.0. The van der Waals surface area contributed by atoms with Crippen molar-refractivity contribution in [1.82, 2.24) is 15.3 Å². The Balaban J connectivity index is 2.03. The number of hydrogen-bond donors (Lipinski definition) is 2. The Kier molecular flexibility index (Phi) is 6.16. The van der Waals surface area contributed by atoms with Crippen LogP contribution in [-0.2, 0) is 0 Å². The van der Waals surface area contributed by atoms with Crippen molar-refractivity contribution in [2.45, 2.75) is 65.3 Å². The summed E-state index contributed by atoms with van der Waals surface area (Å²) >= 11 is 0. The summed E-state index contributed by atoms with van der Waals surface area (Å²) in [4.78, 5) is 20.9. The fourth-order valence-electron chi connectivity index (χ4n) is 2.78. The molecule has 1 saturated carbocycles. The van der Waals surface area contributed by atoms with Crippen molar-refractivity contribution < 1.29 is 4.79 Å². The van der Waals surface area contributed by atoms with Gasteiger partial charge in [-0.1, -0.05) is 39.5 Å². The van der Waals surface area contributed by atoms with Crippen molar-refractivity contribution in [2.75, 3.05) is 11.9 Å². The van der Waals surface area contributed by atoms with Crippen LogP contribution in [0.15, 0.2) is 6.07 Å².